The first-order valence-electron chi connectivity index (χ1n) is 6.89. The molecule has 5 heteroatoms. The van der Waals surface area contributed by atoms with Gasteiger partial charge in [0.15, 0.2) is 11.6 Å². The normalized spacial score (nSPS) is 20.8. The summed E-state index contributed by atoms with van der Waals surface area (Å²) < 4.78 is 26.4. The SMILES string of the molecule is CC(C)CC(C)N1C(=O)CNC1c1ccc(F)c(F)c1. The highest BCUT2D eigenvalue weighted by molar-refractivity contribution is 5.81. The van der Waals surface area contributed by atoms with Crippen LogP contribution < -0.4 is 5.32 Å². The van der Waals surface area contributed by atoms with Crippen molar-refractivity contribution in [3.8, 4) is 0 Å². The molecule has 1 heterocycles. The van der Waals surface area contributed by atoms with Gasteiger partial charge in [0, 0.05) is 6.04 Å². The highest BCUT2D eigenvalue weighted by Gasteiger charge is 2.35. The largest absolute Gasteiger partial charge is 0.319 e. The first kappa shape index (κ1) is 14.9. The smallest absolute Gasteiger partial charge is 0.238 e. The number of carbonyl (C=O) groups is 1. The van der Waals surface area contributed by atoms with E-state index in [9.17, 15) is 13.6 Å². The molecule has 0 bridgehead atoms. The molecule has 20 heavy (non-hydrogen) atoms. The lowest BCUT2D eigenvalue weighted by Crippen LogP contribution is -2.38. The summed E-state index contributed by atoms with van der Waals surface area (Å²) in [5.74, 6) is -1.31. The molecule has 1 aliphatic rings. The van der Waals surface area contributed by atoms with E-state index in [0.717, 1.165) is 18.6 Å². The van der Waals surface area contributed by atoms with Gasteiger partial charge in [-0.2, -0.15) is 0 Å². The number of rotatable bonds is 4. The molecular weight excluding hydrogens is 262 g/mol. The molecular formula is C15H20F2N2O. The molecule has 0 saturated carbocycles. The van der Waals surface area contributed by atoms with E-state index in [2.05, 4.69) is 19.2 Å². The van der Waals surface area contributed by atoms with Crippen LogP contribution in [0.1, 0.15) is 38.9 Å². The molecule has 1 aromatic carbocycles. The standard InChI is InChI=1S/C15H20F2N2O/c1-9(2)6-10(3)19-14(20)8-18-15(19)11-4-5-12(16)13(17)7-11/h4-5,7,9-10,15,18H,6,8H2,1-3H3. The maximum Gasteiger partial charge on any atom is 0.238 e. The Labute approximate surface area is 118 Å². The van der Waals surface area contributed by atoms with Crippen LogP contribution in [0.3, 0.4) is 0 Å². The van der Waals surface area contributed by atoms with Gasteiger partial charge in [0.2, 0.25) is 5.91 Å². The van der Waals surface area contributed by atoms with Gasteiger partial charge in [-0.15, -0.1) is 0 Å². The number of nitrogens with zero attached hydrogens (tertiary/aromatic N) is 1. The molecule has 0 aliphatic carbocycles. The van der Waals surface area contributed by atoms with Crippen LogP contribution in [0.5, 0.6) is 0 Å². The zero-order valence-corrected chi connectivity index (χ0v) is 12.0. The van der Waals surface area contributed by atoms with E-state index >= 15 is 0 Å². The molecule has 3 nitrogen and oxygen atoms in total. The highest BCUT2D eigenvalue weighted by Crippen LogP contribution is 2.28. The van der Waals surface area contributed by atoms with Crippen LogP contribution in [-0.4, -0.2) is 23.4 Å². The number of benzene rings is 1. The third kappa shape index (κ3) is 2.98. The van der Waals surface area contributed by atoms with Crippen LogP contribution in [0.4, 0.5) is 8.78 Å². The van der Waals surface area contributed by atoms with Crippen molar-refractivity contribution in [2.75, 3.05) is 6.54 Å². The summed E-state index contributed by atoms with van der Waals surface area (Å²) in [5, 5.41) is 3.06. The lowest BCUT2D eigenvalue weighted by atomic mass is 10.0. The molecule has 1 amide bonds. The Morgan fingerprint density at radius 3 is 2.60 bits per heavy atom. The van der Waals surface area contributed by atoms with Gasteiger partial charge in [-0.3, -0.25) is 10.1 Å². The minimum Gasteiger partial charge on any atom is -0.319 e. The molecule has 1 aliphatic heterocycles. The van der Waals surface area contributed by atoms with Crippen molar-refractivity contribution in [1.29, 1.82) is 0 Å². The van der Waals surface area contributed by atoms with Gasteiger partial charge < -0.3 is 4.90 Å². The zero-order chi connectivity index (χ0) is 14.9. The van der Waals surface area contributed by atoms with Crippen LogP contribution in [0.2, 0.25) is 0 Å². The Kier molecular flexibility index (Phi) is 4.38. The number of halogens is 2. The van der Waals surface area contributed by atoms with Gasteiger partial charge in [-0.1, -0.05) is 19.9 Å². The number of amides is 1. The van der Waals surface area contributed by atoms with Crippen molar-refractivity contribution in [2.45, 2.75) is 39.4 Å². The van der Waals surface area contributed by atoms with Gasteiger partial charge in [0.25, 0.3) is 0 Å². The maximum atomic E-state index is 13.4. The summed E-state index contributed by atoms with van der Waals surface area (Å²) in [6.07, 6.45) is 0.486. The molecule has 0 radical (unpaired) electrons. The third-order valence-corrected chi connectivity index (χ3v) is 3.56. The lowest BCUT2D eigenvalue weighted by molar-refractivity contribution is -0.130. The molecule has 0 aromatic heterocycles. The highest BCUT2D eigenvalue weighted by atomic mass is 19.2. The zero-order valence-electron chi connectivity index (χ0n) is 12.0. The van der Waals surface area contributed by atoms with Crippen molar-refractivity contribution < 1.29 is 13.6 Å². The number of nitrogens with one attached hydrogen (secondary N) is 1. The summed E-state index contributed by atoms with van der Waals surface area (Å²) in [6.45, 7) is 6.40. The van der Waals surface area contributed by atoms with E-state index in [4.69, 9.17) is 0 Å². The Morgan fingerprint density at radius 1 is 1.30 bits per heavy atom. The third-order valence-electron chi connectivity index (χ3n) is 3.56. The average Bonchev–Trinajstić information content (AvgIpc) is 2.74. The van der Waals surface area contributed by atoms with Gasteiger partial charge >= 0.3 is 0 Å². The van der Waals surface area contributed by atoms with Crippen molar-refractivity contribution in [3.05, 3.63) is 35.4 Å². The van der Waals surface area contributed by atoms with Gasteiger partial charge in [-0.05, 0) is 37.0 Å². The maximum absolute atomic E-state index is 13.4. The molecule has 0 spiro atoms. The fraction of sp³-hybridized carbons (Fsp3) is 0.533. The first-order chi connectivity index (χ1) is 9.40. The van der Waals surface area contributed by atoms with Gasteiger partial charge in [-0.25, -0.2) is 8.78 Å². The van der Waals surface area contributed by atoms with Gasteiger partial charge in [0.1, 0.15) is 6.17 Å². The fourth-order valence-electron chi connectivity index (χ4n) is 2.77. The fourth-order valence-corrected chi connectivity index (χ4v) is 2.77. The van der Waals surface area contributed by atoms with Crippen molar-refractivity contribution in [3.63, 3.8) is 0 Å². The Morgan fingerprint density at radius 2 is 2.00 bits per heavy atom. The van der Waals surface area contributed by atoms with Crippen LogP contribution in [-0.2, 0) is 4.79 Å². The summed E-state index contributed by atoms with van der Waals surface area (Å²) in [4.78, 5) is 13.8. The topological polar surface area (TPSA) is 32.3 Å². The van der Waals surface area contributed by atoms with E-state index in [1.165, 1.54) is 6.07 Å². The summed E-state index contributed by atoms with van der Waals surface area (Å²) in [5.41, 5.74) is 0.574. The van der Waals surface area contributed by atoms with Crippen molar-refractivity contribution in [2.24, 2.45) is 5.92 Å². The van der Waals surface area contributed by atoms with Crippen LogP contribution in [0.15, 0.2) is 18.2 Å². The first-order valence-corrected chi connectivity index (χ1v) is 6.89. The van der Waals surface area contributed by atoms with E-state index in [-0.39, 0.29) is 24.7 Å². The van der Waals surface area contributed by atoms with Gasteiger partial charge in [0.05, 0.1) is 6.54 Å². The van der Waals surface area contributed by atoms with E-state index in [1.54, 1.807) is 4.90 Å². The summed E-state index contributed by atoms with van der Waals surface area (Å²) in [6, 6.07) is 3.82. The number of hydrogen-bond donors (Lipinski definition) is 1. The van der Waals surface area contributed by atoms with E-state index in [0.29, 0.717) is 11.5 Å². The predicted octanol–water partition coefficient (Wildman–Crippen LogP) is 2.83. The Balaban J connectivity index is 2.25. The van der Waals surface area contributed by atoms with Crippen molar-refractivity contribution >= 4 is 5.91 Å². The predicted molar refractivity (Wildman–Crippen MR) is 72.9 cm³/mol. The number of hydrogen-bond acceptors (Lipinski definition) is 2. The number of carbonyl (C=O) groups excluding carboxylic acids is 1. The van der Waals surface area contributed by atoms with Crippen LogP contribution >= 0.6 is 0 Å². The minimum atomic E-state index is -0.889. The molecule has 2 atom stereocenters. The Bertz CT molecular complexity index is 505. The molecule has 2 rings (SSSR count). The van der Waals surface area contributed by atoms with E-state index < -0.39 is 11.6 Å². The lowest BCUT2D eigenvalue weighted by Gasteiger charge is -2.31. The van der Waals surface area contributed by atoms with Crippen LogP contribution in [0.25, 0.3) is 0 Å². The molecule has 1 aromatic rings. The molecule has 110 valence electrons. The second-order valence-electron chi connectivity index (χ2n) is 5.74. The van der Waals surface area contributed by atoms with Crippen molar-refractivity contribution in [1.82, 2.24) is 10.2 Å². The second-order valence-corrected chi connectivity index (χ2v) is 5.74. The molecule has 1 saturated heterocycles. The average molecular weight is 282 g/mol. The Hall–Kier alpha value is -1.49. The molecule has 1 N–H and O–H groups in total. The quantitative estimate of drug-likeness (QED) is 0.921. The summed E-state index contributed by atoms with van der Waals surface area (Å²) >= 11 is 0. The molecule has 2 unspecified atom stereocenters. The minimum absolute atomic E-state index is 0.00659. The van der Waals surface area contributed by atoms with E-state index in [1.807, 2.05) is 6.92 Å². The monoisotopic (exact) mass is 282 g/mol. The molecule has 1 fully saturated rings. The van der Waals surface area contributed by atoms with Crippen LogP contribution in [0, 0.1) is 17.6 Å². The second kappa shape index (κ2) is 5.87. The summed E-state index contributed by atoms with van der Waals surface area (Å²) in [7, 11) is 0.